The Bertz CT molecular complexity index is 2190. The Hall–Kier alpha value is -4.54. The number of halogens is 1. The fourth-order valence-corrected chi connectivity index (χ4v) is 7.05. The molecule has 0 spiro atoms. The number of benzene rings is 5. The summed E-state index contributed by atoms with van der Waals surface area (Å²) < 4.78 is 17.2. The molecule has 236 valence electrons. The van der Waals surface area contributed by atoms with Crippen LogP contribution < -0.4 is 30.4 Å². The lowest BCUT2D eigenvalue weighted by atomic mass is 9.82. The first-order valence-corrected chi connectivity index (χ1v) is 14.3. The summed E-state index contributed by atoms with van der Waals surface area (Å²) in [5.41, 5.74) is 1.39. The topological polar surface area (TPSA) is 135 Å². The second-order valence-electron chi connectivity index (χ2n) is 11.6. The summed E-state index contributed by atoms with van der Waals surface area (Å²) in [6, 6.07) is 2.59. The molecule has 0 aromatic heterocycles. The Morgan fingerprint density at radius 2 is 1.40 bits per heavy atom. The first-order chi connectivity index (χ1) is 21.0. The molecule has 0 atom stereocenters. The average Bonchev–Trinajstić information content (AvgIpc) is 3.10. The van der Waals surface area contributed by atoms with E-state index < -0.39 is 16.6 Å². The van der Waals surface area contributed by atoms with Crippen LogP contribution in [0.15, 0.2) is 27.3 Å². The predicted molar refractivity (Wildman–Crippen MR) is 180 cm³/mol. The number of hydrogen-bond acceptors (Lipinski definition) is 10. The zero-order chi connectivity index (χ0) is 31.8. The van der Waals surface area contributed by atoms with Gasteiger partial charge in [-0.2, -0.15) is 0 Å². The summed E-state index contributed by atoms with van der Waals surface area (Å²) in [6.07, 6.45) is 0.991. The van der Waals surface area contributed by atoms with Gasteiger partial charge in [0.1, 0.15) is 11.5 Å². The highest BCUT2D eigenvalue weighted by Gasteiger charge is 2.35. The third kappa shape index (κ3) is 4.38. The molecule has 5 aromatic rings. The van der Waals surface area contributed by atoms with Gasteiger partial charge in [-0.15, -0.1) is 12.4 Å². The van der Waals surface area contributed by atoms with Gasteiger partial charge in [0.15, 0.2) is 33.9 Å². The summed E-state index contributed by atoms with van der Waals surface area (Å²) in [5, 5.41) is 29.6. The number of phenols is 2. The van der Waals surface area contributed by atoms with Gasteiger partial charge in [-0.1, -0.05) is 5.57 Å². The number of rotatable bonds is 9. The molecule has 1 aliphatic carbocycles. The molecule has 6 rings (SSSR count). The van der Waals surface area contributed by atoms with E-state index >= 15 is 0 Å². The van der Waals surface area contributed by atoms with E-state index in [4.69, 9.17) is 14.2 Å². The van der Waals surface area contributed by atoms with Crippen molar-refractivity contribution in [2.75, 3.05) is 53.8 Å². The fourth-order valence-electron chi connectivity index (χ4n) is 7.05. The van der Waals surface area contributed by atoms with Crippen LogP contribution in [0.25, 0.3) is 48.7 Å². The molecule has 0 heterocycles. The number of carbonyl (C=O) groups excluding carboxylic acids is 1. The van der Waals surface area contributed by atoms with E-state index in [1.165, 1.54) is 40.4 Å². The van der Waals surface area contributed by atoms with Gasteiger partial charge in [0.05, 0.1) is 37.8 Å². The van der Waals surface area contributed by atoms with Crippen LogP contribution in [-0.4, -0.2) is 69.4 Å². The molecule has 3 N–H and O–H groups in total. The number of nitrogens with one attached hydrogen (secondary N) is 1. The Balaban J connectivity index is 0.00000400. The van der Waals surface area contributed by atoms with Gasteiger partial charge >= 0.3 is 0 Å². The second kappa shape index (κ2) is 11.4. The number of nitrogens with zero attached hydrogens (tertiary/aromatic N) is 1. The van der Waals surface area contributed by atoms with Crippen molar-refractivity contribution in [3.05, 3.63) is 49.3 Å². The van der Waals surface area contributed by atoms with Gasteiger partial charge in [0, 0.05) is 56.7 Å². The average molecular weight is 635 g/mol. The molecule has 0 unspecified atom stereocenters. The number of allylic oxidation sites excluding steroid dienone is 2. The van der Waals surface area contributed by atoms with E-state index in [9.17, 15) is 24.6 Å². The first kappa shape index (κ1) is 31.9. The number of aromatic hydroxyl groups is 2. The molecule has 0 aliphatic heterocycles. The fraction of sp³-hybridized carbons (Fsp3) is 0.324. The molecule has 11 heteroatoms. The van der Waals surface area contributed by atoms with Crippen molar-refractivity contribution >= 4 is 72.5 Å². The van der Waals surface area contributed by atoms with Crippen molar-refractivity contribution in [1.82, 2.24) is 4.90 Å². The largest absolute Gasteiger partial charge is 0.505 e. The summed E-state index contributed by atoms with van der Waals surface area (Å²) >= 11 is 0. The van der Waals surface area contributed by atoms with Gasteiger partial charge in [-0.05, 0) is 58.3 Å². The maximum absolute atomic E-state index is 13.8. The molecule has 45 heavy (non-hydrogen) atoms. The Morgan fingerprint density at radius 1 is 0.844 bits per heavy atom. The number of ketones is 1. The normalized spacial score (nSPS) is 12.9. The molecular weight excluding hydrogens is 600 g/mol. The van der Waals surface area contributed by atoms with Crippen molar-refractivity contribution in [2.24, 2.45) is 0 Å². The number of phenolic OH excluding ortho intramolecular Hbond substituents is 2. The third-order valence-corrected chi connectivity index (χ3v) is 8.71. The number of carbonyl (C=O) groups is 1. The van der Waals surface area contributed by atoms with Crippen molar-refractivity contribution in [3.63, 3.8) is 0 Å². The number of fused-ring (bicyclic) bond motifs is 1. The number of methoxy groups -OCH3 is 3. The van der Waals surface area contributed by atoms with Gasteiger partial charge in [0.2, 0.25) is 0 Å². The van der Waals surface area contributed by atoms with Crippen LogP contribution in [0.4, 0.5) is 5.69 Å². The molecule has 0 fully saturated rings. The van der Waals surface area contributed by atoms with Crippen molar-refractivity contribution in [1.29, 1.82) is 0 Å². The summed E-state index contributed by atoms with van der Waals surface area (Å²) in [7, 11) is 8.19. The maximum Gasteiger partial charge on any atom is 0.194 e. The maximum atomic E-state index is 13.8. The molecule has 5 aromatic carbocycles. The molecule has 0 saturated heterocycles. The smallest absolute Gasteiger partial charge is 0.194 e. The standard InChI is InChI=1S/C34H34N2O8.ClH/c1-14-11-16-22-27-23(32(40)31(16)35-9-8-10-36(3)4)17(38)12-19(42-5)25(27)26-20(43-6)13-18(39)24-29(26)28(22)30(21(14)15(2)37)34(44-7)33(24)41;/h12-13,35,40-41H,8-11H2,1-7H3;1H. The minimum atomic E-state index is -0.505. The Morgan fingerprint density at radius 3 is 1.91 bits per heavy atom. The number of Topliss-reactive ketones (excluding diaryl/α,β-unsaturated/α-hetero) is 1. The van der Waals surface area contributed by atoms with Crippen LogP contribution in [0.1, 0.15) is 31.4 Å². The van der Waals surface area contributed by atoms with Gasteiger partial charge in [-0.25, -0.2) is 0 Å². The number of ether oxygens (including phenoxy) is 3. The van der Waals surface area contributed by atoms with Gasteiger partial charge in [-0.3, -0.25) is 14.4 Å². The Kier molecular flexibility index (Phi) is 8.10. The second-order valence-corrected chi connectivity index (χ2v) is 11.6. The van der Waals surface area contributed by atoms with Gasteiger partial charge < -0.3 is 34.6 Å². The quantitative estimate of drug-likeness (QED) is 0.0876. The van der Waals surface area contributed by atoms with Crippen molar-refractivity contribution in [2.45, 2.75) is 26.7 Å². The van der Waals surface area contributed by atoms with E-state index in [-0.39, 0.29) is 58.4 Å². The molecular formula is C34H35ClN2O8. The minimum absolute atomic E-state index is 0. The highest BCUT2D eigenvalue weighted by Crippen LogP contribution is 2.57. The van der Waals surface area contributed by atoms with E-state index in [1.54, 1.807) is 0 Å². The molecule has 0 amide bonds. The SMILES string of the molecule is COc1c(O)c2c(=O)cc(OC)c3c4c(OC)cc(=O)c5c(O)c(NCCCN(C)C)c6c(c(c1C(C(C)=O)=C(C)C6)c23)c54.Cl. The minimum Gasteiger partial charge on any atom is -0.505 e. The van der Waals surface area contributed by atoms with E-state index in [0.717, 1.165) is 13.0 Å². The Labute approximate surface area is 264 Å². The molecule has 0 bridgehead atoms. The molecule has 1 aliphatic rings. The van der Waals surface area contributed by atoms with E-state index in [1.807, 2.05) is 21.0 Å². The predicted octanol–water partition coefficient (Wildman–Crippen LogP) is 5.04. The van der Waals surface area contributed by atoms with Gasteiger partial charge in [0.25, 0.3) is 0 Å². The lowest BCUT2D eigenvalue weighted by Gasteiger charge is -2.24. The van der Waals surface area contributed by atoms with E-state index in [2.05, 4.69) is 10.2 Å². The molecule has 10 nitrogen and oxygen atoms in total. The summed E-state index contributed by atoms with van der Waals surface area (Å²) in [5.74, 6) is -0.476. The number of anilines is 1. The van der Waals surface area contributed by atoms with Crippen LogP contribution in [0.5, 0.6) is 28.7 Å². The third-order valence-electron chi connectivity index (χ3n) is 8.71. The monoisotopic (exact) mass is 634 g/mol. The van der Waals surface area contributed by atoms with E-state index in [0.29, 0.717) is 66.8 Å². The highest BCUT2D eigenvalue weighted by atomic mass is 35.5. The first-order valence-electron chi connectivity index (χ1n) is 14.3. The lowest BCUT2D eigenvalue weighted by Crippen LogP contribution is -2.17. The lowest BCUT2D eigenvalue weighted by molar-refractivity contribution is -0.111. The van der Waals surface area contributed by atoms with Crippen LogP contribution in [0.2, 0.25) is 0 Å². The van der Waals surface area contributed by atoms with Crippen LogP contribution >= 0.6 is 12.4 Å². The van der Waals surface area contributed by atoms with Crippen LogP contribution in [0.3, 0.4) is 0 Å². The highest BCUT2D eigenvalue weighted by molar-refractivity contribution is 6.42. The zero-order valence-electron chi connectivity index (χ0n) is 26.2. The van der Waals surface area contributed by atoms with Crippen molar-refractivity contribution in [3.8, 4) is 28.7 Å². The molecule has 0 saturated carbocycles. The molecule has 0 radical (unpaired) electrons. The van der Waals surface area contributed by atoms with Crippen molar-refractivity contribution < 1.29 is 29.2 Å². The van der Waals surface area contributed by atoms with Crippen LogP contribution in [-0.2, 0) is 11.2 Å². The summed E-state index contributed by atoms with van der Waals surface area (Å²) in [6.45, 7) is 4.56. The number of hydrogen-bond donors (Lipinski definition) is 3. The summed E-state index contributed by atoms with van der Waals surface area (Å²) in [4.78, 5) is 42.9. The van der Waals surface area contributed by atoms with Crippen LogP contribution in [0, 0.1) is 0 Å². The zero-order valence-corrected chi connectivity index (χ0v) is 27.0.